The van der Waals surface area contributed by atoms with E-state index in [0.717, 1.165) is 47.4 Å². The van der Waals surface area contributed by atoms with Gasteiger partial charge in [-0.25, -0.2) is 8.42 Å². The van der Waals surface area contributed by atoms with Crippen LogP contribution >= 0.6 is 0 Å². The standard InChI is InChI=1S/C22H26N2O4S/c1-4-28-21-14(2)11-19(12-15(21)3)29(26,27)23-18-7-8-20-17(13-18)9-10-24(20)22(25)16-5-6-16/h7-8,11-13,16,23H,4-6,9-10H2,1-3H3. The summed E-state index contributed by atoms with van der Waals surface area (Å²) in [6.45, 7) is 6.79. The molecule has 0 unspecified atom stereocenters. The van der Waals surface area contributed by atoms with Gasteiger partial charge < -0.3 is 9.64 Å². The summed E-state index contributed by atoms with van der Waals surface area (Å²) >= 11 is 0. The molecule has 2 aromatic carbocycles. The number of carbonyl (C=O) groups excluding carboxylic acids is 1. The van der Waals surface area contributed by atoms with E-state index >= 15 is 0 Å². The van der Waals surface area contributed by atoms with E-state index in [1.165, 1.54) is 0 Å². The van der Waals surface area contributed by atoms with Crippen molar-refractivity contribution in [2.75, 3.05) is 22.8 Å². The summed E-state index contributed by atoms with van der Waals surface area (Å²) < 4.78 is 34.1. The van der Waals surface area contributed by atoms with Crippen LogP contribution in [-0.4, -0.2) is 27.5 Å². The first-order valence-electron chi connectivity index (χ1n) is 10.0. The first kappa shape index (κ1) is 19.8. The Morgan fingerprint density at radius 3 is 2.48 bits per heavy atom. The molecule has 6 nitrogen and oxygen atoms in total. The molecule has 154 valence electrons. The van der Waals surface area contributed by atoms with E-state index in [0.29, 0.717) is 18.8 Å². The van der Waals surface area contributed by atoms with Crippen molar-refractivity contribution >= 4 is 27.3 Å². The van der Waals surface area contributed by atoms with Crippen LogP contribution in [0.1, 0.15) is 36.5 Å². The minimum absolute atomic E-state index is 0.172. The molecule has 1 heterocycles. The van der Waals surface area contributed by atoms with Crippen molar-refractivity contribution in [3.05, 3.63) is 47.0 Å². The predicted molar refractivity (Wildman–Crippen MR) is 113 cm³/mol. The number of carbonyl (C=O) groups is 1. The van der Waals surface area contributed by atoms with Gasteiger partial charge in [0.2, 0.25) is 5.91 Å². The Hall–Kier alpha value is -2.54. The third-order valence-electron chi connectivity index (χ3n) is 5.45. The minimum Gasteiger partial charge on any atom is -0.493 e. The number of ether oxygens (including phenoxy) is 1. The zero-order chi connectivity index (χ0) is 20.8. The summed E-state index contributed by atoms with van der Waals surface area (Å²) in [6.07, 6.45) is 2.69. The fourth-order valence-corrected chi connectivity index (χ4v) is 5.12. The summed E-state index contributed by atoms with van der Waals surface area (Å²) in [5, 5.41) is 0. The van der Waals surface area contributed by atoms with Crippen LogP contribution in [0.15, 0.2) is 35.2 Å². The molecular formula is C22H26N2O4S. The highest BCUT2D eigenvalue weighted by Crippen LogP contribution is 2.37. The molecule has 0 radical (unpaired) electrons. The number of sulfonamides is 1. The zero-order valence-corrected chi connectivity index (χ0v) is 17.8. The molecule has 1 N–H and O–H groups in total. The maximum absolute atomic E-state index is 12.9. The van der Waals surface area contributed by atoms with Crippen molar-refractivity contribution in [2.24, 2.45) is 5.92 Å². The molecule has 1 fully saturated rings. The Bertz CT molecular complexity index is 1050. The van der Waals surface area contributed by atoms with Crippen molar-refractivity contribution in [3.8, 4) is 5.75 Å². The van der Waals surface area contributed by atoms with E-state index in [9.17, 15) is 13.2 Å². The van der Waals surface area contributed by atoms with E-state index in [1.807, 2.05) is 37.8 Å². The Labute approximate surface area is 171 Å². The maximum atomic E-state index is 12.9. The Balaban J connectivity index is 1.57. The van der Waals surface area contributed by atoms with Crippen molar-refractivity contribution < 1.29 is 17.9 Å². The summed E-state index contributed by atoms with van der Waals surface area (Å²) in [5.41, 5.74) is 3.98. The van der Waals surface area contributed by atoms with E-state index in [1.54, 1.807) is 18.2 Å². The van der Waals surface area contributed by atoms with E-state index in [2.05, 4.69) is 4.72 Å². The largest absolute Gasteiger partial charge is 0.493 e. The molecule has 1 aliphatic heterocycles. The summed E-state index contributed by atoms with van der Waals surface area (Å²) in [6, 6.07) is 8.66. The Kier molecular flexibility index (Phi) is 5.02. The summed E-state index contributed by atoms with van der Waals surface area (Å²) in [7, 11) is -3.73. The second kappa shape index (κ2) is 7.37. The molecular weight excluding hydrogens is 388 g/mol. The number of hydrogen-bond donors (Lipinski definition) is 1. The summed E-state index contributed by atoms with van der Waals surface area (Å²) in [5.74, 6) is 1.09. The van der Waals surface area contributed by atoms with Gasteiger partial charge in [0, 0.05) is 23.8 Å². The van der Waals surface area contributed by atoms with Gasteiger partial charge in [0.15, 0.2) is 0 Å². The topological polar surface area (TPSA) is 75.7 Å². The number of amides is 1. The number of rotatable bonds is 6. The molecule has 2 aliphatic rings. The van der Waals surface area contributed by atoms with E-state index < -0.39 is 10.0 Å². The van der Waals surface area contributed by atoms with Crippen LogP contribution in [0.5, 0.6) is 5.75 Å². The zero-order valence-electron chi connectivity index (χ0n) is 17.0. The van der Waals surface area contributed by atoms with E-state index in [4.69, 9.17) is 4.74 Å². The first-order chi connectivity index (χ1) is 13.8. The van der Waals surface area contributed by atoms with Gasteiger partial charge in [0.05, 0.1) is 11.5 Å². The van der Waals surface area contributed by atoms with Gasteiger partial charge in [0.1, 0.15) is 5.75 Å². The molecule has 0 atom stereocenters. The van der Waals surface area contributed by atoms with Crippen LogP contribution in [0, 0.1) is 19.8 Å². The van der Waals surface area contributed by atoms with Crippen LogP contribution in [0.4, 0.5) is 11.4 Å². The lowest BCUT2D eigenvalue weighted by Gasteiger charge is -2.18. The van der Waals surface area contributed by atoms with Gasteiger partial charge in [-0.2, -0.15) is 0 Å². The lowest BCUT2D eigenvalue weighted by atomic mass is 10.1. The van der Waals surface area contributed by atoms with Crippen molar-refractivity contribution in [1.82, 2.24) is 0 Å². The lowest BCUT2D eigenvalue weighted by molar-refractivity contribution is -0.119. The van der Waals surface area contributed by atoms with Gasteiger partial charge in [-0.05, 0) is 87.1 Å². The quantitative estimate of drug-likeness (QED) is 0.780. The highest BCUT2D eigenvalue weighted by Gasteiger charge is 2.36. The van der Waals surface area contributed by atoms with Crippen LogP contribution in [-0.2, 0) is 21.2 Å². The molecule has 1 aliphatic carbocycles. The second-order valence-corrected chi connectivity index (χ2v) is 9.46. The van der Waals surface area contributed by atoms with E-state index in [-0.39, 0.29) is 16.7 Å². The molecule has 0 aromatic heterocycles. The molecule has 0 spiro atoms. The van der Waals surface area contributed by atoms with Crippen molar-refractivity contribution in [3.63, 3.8) is 0 Å². The van der Waals surface area contributed by atoms with Crippen LogP contribution < -0.4 is 14.4 Å². The first-order valence-corrected chi connectivity index (χ1v) is 11.5. The molecule has 29 heavy (non-hydrogen) atoms. The fraction of sp³-hybridized carbons (Fsp3) is 0.409. The van der Waals surface area contributed by atoms with Crippen LogP contribution in [0.2, 0.25) is 0 Å². The molecule has 2 aromatic rings. The fourth-order valence-electron chi connectivity index (χ4n) is 3.90. The third-order valence-corrected chi connectivity index (χ3v) is 6.81. The van der Waals surface area contributed by atoms with Crippen molar-refractivity contribution in [2.45, 2.75) is 44.9 Å². The number of hydrogen-bond acceptors (Lipinski definition) is 4. The number of aryl methyl sites for hydroxylation is 2. The average molecular weight is 415 g/mol. The predicted octanol–water partition coefficient (Wildman–Crippen LogP) is 3.80. The van der Waals surface area contributed by atoms with Gasteiger partial charge in [-0.1, -0.05) is 0 Å². The lowest BCUT2D eigenvalue weighted by Crippen LogP contribution is -2.30. The highest BCUT2D eigenvalue weighted by molar-refractivity contribution is 7.92. The van der Waals surface area contributed by atoms with Crippen LogP contribution in [0.3, 0.4) is 0 Å². The Morgan fingerprint density at radius 1 is 1.17 bits per heavy atom. The smallest absolute Gasteiger partial charge is 0.261 e. The van der Waals surface area contributed by atoms with Gasteiger partial charge in [0.25, 0.3) is 10.0 Å². The number of nitrogens with one attached hydrogen (secondary N) is 1. The molecule has 0 bridgehead atoms. The SMILES string of the molecule is CCOc1c(C)cc(S(=O)(=O)Nc2ccc3c(c2)CCN3C(=O)C2CC2)cc1C. The van der Waals surface area contributed by atoms with Gasteiger partial charge in [-0.3, -0.25) is 9.52 Å². The summed E-state index contributed by atoms with van der Waals surface area (Å²) in [4.78, 5) is 14.5. The maximum Gasteiger partial charge on any atom is 0.261 e. The molecule has 0 saturated heterocycles. The Morgan fingerprint density at radius 2 is 1.86 bits per heavy atom. The van der Waals surface area contributed by atoms with Gasteiger partial charge >= 0.3 is 0 Å². The number of benzene rings is 2. The molecule has 1 amide bonds. The van der Waals surface area contributed by atoms with Crippen LogP contribution in [0.25, 0.3) is 0 Å². The normalized spacial score (nSPS) is 15.9. The highest BCUT2D eigenvalue weighted by atomic mass is 32.2. The third kappa shape index (κ3) is 3.83. The minimum atomic E-state index is -3.73. The number of fused-ring (bicyclic) bond motifs is 1. The number of nitrogens with zero attached hydrogens (tertiary/aromatic N) is 1. The second-order valence-electron chi connectivity index (χ2n) is 7.78. The monoisotopic (exact) mass is 414 g/mol. The number of anilines is 2. The molecule has 1 saturated carbocycles. The molecule has 4 rings (SSSR count). The van der Waals surface area contributed by atoms with Crippen molar-refractivity contribution in [1.29, 1.82) is 0 Å². The van der Waals surface area contributed by atoms with Gasteiger partial charge in [-0.15, -0.1) is 0 Å². The molecule has 7 heteroatoms. The average Bonchev–Trinajstić information content (AvgIpc) is 3.43.